The van der Waals surface area contributed by atoms with Gasteiger partial charge in [0.1, 0.15) is 5.69 Å². The van der Waals surface area contributed by atoms with Crippen LogP contribution in [-0.2, 0) is 0 Å². The van der Waals surface area contributed by atoms with Gasteiger partial charge in [-0.15, -0.1) is 0 Å². The number of rotatable bonds is 2. The van der Waals surface area contributed by atoms with Crippen LogP contribution in [0.2, 0.25) is 0 Å². The number of hydrogen-bond donors (Lipinski definition) is 0. The molecule has 0 radical (unpaired) electrons. The number of nitriles is 1. The number of halogens is 1. The first kappa shape index (κ1) is 13.6. The molecule has 0 spiro atoms. The Morgan fingerprint density at radius 2 is 1.71 bits per heavy atom. The van der Waals surface area contributed by atoms with Crippen LogP contribution in [0.15, 0.2) is 59.2 Å². The normalized spacial score (nSPS) is 10.3. The highest BCUT2D eigenvalue weighted by Gasteiger charge is 2.10. The minimum atomic E-state index is 0.646. The standard InChI is InChI=1S/C17H12BrN3/c1-12-2-8-15(9-3-12)21-11-16(18)17(20-21)14-6-4-13(10-19)5-7-14/h2-9,11H,1H3. The Labute approximate surface area is 131 Å². The summed E-state index contributed by atoms with van der Waals surface area (Å²) in [5, 5.41) is 13.5. The van der Waals surface area contributed by atoms with Crippen molar-refractivity contribution in [2.75, 3.05) is 0 Å². The van der Waals surface area contributed by atoms with Crippen LogP contribution in [-0.4, -0.2) is 9.78 Å². The molecule has 0 unspecified atom stereocenters. The molecule has 0 aliphatic heterocycles. The van der Waals surface area contributed by atoms with Crippen molar-refractivity contribution in [2.45, 2.75) is 6.92 Å². The minimum Gasteiger partial charge on any atom is -0.239 e. The van der Waals surface area contributed by atoms with Gasteiger partial charge >= 0.3 is 0 Å². The van der Waals surface area contributed by atoms with Gasteiger partial charge in [-0.2, -0.15) is 10.4 Å². The molecule has 0 amide bonds. The lowest BCUT2D eigenvalue weighted by atomic mass is 10.1. The van der Waals surface area contributed by atoms with Crippen LogP contribution in [0.4, 0.5) is 0 Å². The lowest BCUT2D eigenvalue weighted by Crippen LogP contribution is -1.94. The Morgan fingerprint density at radius 3 is 2.33 bits per heavy atom. The molecule has 3 rings (SSSR count). The number of hydrogen-bond acceptors (Lipinski definition) is 2. The van der Waals surface area contributed by atoms with E-state index < -0.39 is 0 Å². The van der Waals surface area contributed by atoms with E-state index >= 15 is 0 Å². The molecular weight excluding hydrogens is 326 g/mol. The van der Waals surface area contributed by atoms with Gasteiger partial charge in [-0.3, -0.25) is 0 Å². The molecule has 0 atom stereocenters. The Balaban J connectivity index is 2.01. The summed E-state index contributed by atoms with van der Waals surface area (Å²) >= 11 is 3.55. The third kappa shape index (κ3) is 2.74. The van der Waals surface area contributed by atoms with Gasteiger partial charge in [-0.1, -0.05) is 29.8 Å². The van der Waals surface area contributed by atoms with Crippen LogP contribution >= 0.6 is 15.9 Å². The Morgan fingerprint density at radius 1 is 1.05 bits per heavy atom. The molecule has 1 aromatic heterocycles. The maximum absolute atomic E-state index is 8.85. The second kappa shape index (κ2) is 5.55. The van der Waals surface area contributed by atoms with Crippen molar-refractivity contribution in [3.05, 3.63) is 70.3 Å². The lowest BCUT2D eigenvalue weighted by molar-refractivity contribution is 0.883. The zero-order valence-corrected chi connectivity index (χ0v) is 13.0. The third-order valence-corrected chi connectivity index (χ3v) is 3.84. The van der Waals surface area contributed by atoms with Crippen LogP contribution < -0.4 is 0 Å². The molecule has 0 N–H and O–H groups in total. The third-order valence-electron chi connectivity index (χ3n) is 3.26. The van der Waals surface area contributed by atoms with Gasteiger partial charge in [-0.25, -0.2) is 4.68 Å². The molecule has 0 fully saturated rings. The summed E-state index contributed by atoms with van der Waals surface area (Å²) in [7, 11) is 0. The molecule has 0 aliphatic carbocycles. The summed E-state index contributed by atoms with van der Waals surface area (Å²) in [6, 6.07) is 17.7. The van der Waals surface area contributed by atoms with Gasteiger partial charge in [-0.05, 0) is 47.1 Å². The van der Waals surface area contributed by atoms with Crippen molar-refractivity contribution in [3.8, 4) is 23.0 Å². The Kier molecular flexibility index (Phi) is 3.59. The predicted molar refractivity (Wildman–Crippen MR) is 86.2 cm³/mol. The average molecular weight is 338 g/mol. The monoisotopic (exact) mass is 337 g/mol. The van der Waals surface area contributed by atoms with Crippen LogP contribution in [0.5, 0.6) is 0 Å². The van der Waals surface area contributed by atoms with Crippen molar-refractivity contribution in [1.82, 2.24) is 9.78 Å². The summed E-state index contributed by atoms with van der Waals surface area (Å²) in [6.07, 6.45) is 1.94. The van der Waals surface area contributed by atoms with Gasteiger partial charge < -0.3 is 0 Å². The molecule has 0 aliphatic rings. The lowest BCUT2D eigenvalue weighted by Gasteiger charge is -2.01. The van der Waals surface area contributed by atoms with E-state index in [1.807, 2.05) is 35.1 Å². The summed E-state index contributed by atoms with van der Waals surface area (Å²) in [4.78, 5) is 0. The Hall–Kier alpha value is -2.38. The molecule has 1 heterocycles. The van der Waals surface area contributed by atoms with Crippen LogP contribution in [0.25, 0.3) is 16.9 Å². The number of aryl methyl sites for hydroxylation is 1. The topological polar surface area (TPSA) is 41.6 Å². The molecular formula is C17H12BrN3. The van der Waals surface area contributed by atoms with Crippen LogP contribution in [0.3, 0.4) is 0 Å². The van der Waals surface area contributed by atoms with E-state index in [1.54, 1.807) is 12.1 Å². The van der Waals surface area contributed by atoms with Gasteiger partial charge in [0.05, 0.1) is 21.8 Å². The van der Waals surface area contributed by atoms with Crippen molar-refractivity contribution in [3.63, 3.8) is 0 Å². The molecule has 2 aromatic carbocycles. The SMILES string of the molecule is Cc1ccc(-n2cc(Br)c(-c3ccc(C#N)cc3)n2)cc1. The van der Waals surface area contributed by atoms with E-state index in [9.17, 15) is 0 Å². The van der Waals surface area contributed by atoms with Crippen LogP contribution in [0, 0.1) is 18.3 Å². The van der Waals surface area contributed by atoms with E-state index in [-0.39, 0.29) is 0 Å². The second-order valence-corrected chi connectivity index (χ2v) is 5.65. The number of nitrogens with zero attached hydrogens (tertiary/aromatic N) is 3. The molecule has 21 heavy (non-hydrogen) atoms. The zero-order valence-electron chi connectivity index (χ0n) is 11.4. The highest BCUT2D eigenvalue weighted by atomic mass is 79.9. The van der Waals surface area contributed by atoms with E-state index in [4.69, 9.17) is 5.26 Å². The number of aromatic nitrogens is 2. The molecule has 102 valence electrons. The van der Waals surface area contributed by atoms with Gasteiger partial charge in [0.25, 0.3) is 0 Å². The van der Waals surface area contributed by atoms with Crippen molar-refractivity contribution in [2.24, 2.45) is 0 Å². The minimum absolute atomic E-state index is 0.646. The quantitative estimate of drug-likeness (QED) is 0.691. The maximum Gasteiger partial charge on any atom is 0.107 e. The summed E-state index contributed by atoms with van der Waals surface area (Å²) in [6.45, 7) is 2.06. The van der Waals surface area contributed by atoms with E-state index in [0.29, 0.717) is 5.56 Å². The van der Waals surface area contributed by atoms with Crippen LogP contribution in [0.1, 0.15) is 11.1 Å². The summed E-state index contributed by atoms with van der Waals surface area (Å²) in [5.74, 6) is 0. The Bertz CT molecular complexity index is 809. The molecule has 4 heteroatoms. The number of benzene rings is 2. The van der Waals surface area contributed by atoms with Gasteiger partial charge in [0.15, 0.2) is 0 Å². The highest BCUT2D eigenvalue weighted by molar-refractivity contribution is 9.10. The molecule has 0 saturated heterocycles. The fourth-order valence-corrected chi connectivity index (χ4v) is 2.58. The fraction of sp³-hybridized carbons (Fsp3) is 0.0588. The first-order chi connectivity index (χ1) is 10.2. The van der Waals surface area contributed by atoms with Crippen molar-refractivity contribution in [1.29, 1.82) is 5.26 Å². The van der Waals surface area contributed by atoms with Gasteiger partial charge in [0.2, 0.25) is 0 Å². The van der Waals surface area contributed by atoms with E-state index in [0.717, 1.165) is 21.4 Å². The highest BCUT2D eigenvalue weighted by Crippen LogP contribution is 2.28. The van der Waals surface area contributed by atoms with Crippen molar-refractivity contribution >= 4 is 15.9 Å². The zero-order chi connectivity index (χ0) is 14.8. The average Bonchev–Trinajstić information content (AvgIpc) is 2.90. The first-order valence-electron chi connectivity index (χ1n) is 6.50. The predicted octanol–water partition coefficient (Wildman–Crippen LogP) is 4.48. The molecule has 3 nitrogen and oxygen atoms in total. The molecule has 0 saturated carbocycles. The van der Waals surface area contributed by atoms with E-state index in [1.165, 1.54) is 5.56 Å². The second-order valence-electron chi connectivity index (χ2n) is 4.79. The molecule has 3 aromatic rings. The molecule has 0 bridgehead atoms. The van der Waals surface area contributed by atoms with Gasteiger partial charge in [0, 0.05) is 11.8 Å². The first-order valence-corrected chi connectivity index (χ1v) is 7.29. The smallest absolute Gasteiger partial charge is 0.107 e. The van der Waals surface area contributed by atoms with E-state index in [2.05, 4.69) is 46.2 Å². The fourth-order valence-electron chi connectivity index (χ4n) is 2.08. The summed E-state index contributed by atoms with van der Waals surface area (Å²) in [5.41, 5.74) is 4.72. The largest absolute Gasteiger partial charge is 0.239 e. The summed E-state index contributed by atoms with van der Waals surface area (Å²) < 4.78 is 2.77. The van der Waals surface area contributed by atoms with Crippen molar-refractivity contribution < 1.29 is 0 Å². The maximum atomic E-state index is 8.85.